The summed E-state index contributed by atoms with van der Waals surface area (Å²) in [5.41, 5.74) is 5.52. The van der Waals surface area contributed by atoms with E-state index < -0.39 is 11.6 Å². The molecule has 0 radical (unpaired) electrons. The highest BCUT2D eigenvalue weighted by Crippen LogP contribution is 2.26. The zero-order chi connectivity index (χ0) is 14.0. The number of halogens is 2. The number of hydrogen-bond acceptors (Lipinski definition) is 2. The molecule has 0 spiro atoms. The van der Waals surface area contributed by atoms with E-state index in [0.717, 1.165) is 25.0 Å². The number of carbonyl (C=O) groups excluding carboxylic acids is 1. The molecule has 0 unspecified atom stereocenters. The Kier molecular flexibility index (Phi) is 4.14. The summed E-state index contributed by atoms with van der Waals surface area (Å²) in [5, 5.41) is 0. The van der Waals surface area contributed by atoms with E-state index in [0.29, 0.717) is 12.5 Å². The van der Waals surface area contributed by atoms with Crippen molar-refractivity contribution in [1.29, 1.82) is 0 Å². The normalized spacial score (nSPS) is 21.9. The van der Waals surface area contributed by atoms with Crippen molar-refractivity contribution < 1.29 is 13.6 Å². The fourth-order valence-corrected chi connectivity index (χ4v) is 2.41. The fourth-order valence-electron chi connectivity index (χ4n) is 2.41. The summed E-state index contributed by atoms with van der Waals surface area (Å²) in [4.78, 5) is 13.5. The van der Waals surface area contributed by atoms with Gasteiger partial charge in [0.1, 0.15) is 11.6 Å². The van der Waals surface area contributed by atoms with Crippen molar-refractivity contribution in [2.24, 2.45) is 11.7 Å². The lowest BCUT2D eigenvalue weighted by molar-refractivity contribution is -0.130. The van der Waals surface area contributed by atoms with Gasteiger partial charge in [-0.2, -0.15) is 0 Å². The molecule has 0 atom stereocenters. The maximum Gasteiger partial charge on any atom is 0.226 e. The first-order valence-electron chi connectivity index (χ1n) is 6.39. The second kappa shape index (κ2) is 5.65. The molecule has 0 bridgehead atoms. The van der Waals surface area contributed by atoms with Crippen molar-refractivity contribution in [3.63, 3.8) is 0 Å². The van der Waals surface area contributed by atoms with Crippen LogP contribution in [0.1, 0.15) is 18.4 Å². The standard InChI is InChI=1S/C14H18F2N2O/c1-18(8-9-5-10(17)6-9)14(19)7-11-12(15)3-2-4-13(11)16/h2-4,9-10H,5-8,17H2,1H3. The summed E-state index contributed by atoms with van der Waals surface area (Å²) in [7, 11) is 1.66. The number of nitrogens with two attached hydrogens (primary N) is 1. The third-order valence-electron chi connectivity index (χ3n) is 3.62. The molecule has 3 nitrogen and oxygen atoms in total. The highest BCUT2D eigenvalue weighted by molar-refractivity contribution is 5.78. The Morgan fingerprint density at radius 3 is 2.47 bits per heavy atom. The average molecular weight is 268 g/mol. The van der Waals surface area contributed by atoms with Gasteiger partial charge in [-0.1, -0.05) is 6.07 Å². The molecule has 0 saturated heterocycles. The maximum absolute atomic E-state index is 13.4. The third-order valence-corrected chi connectivity index (χ3v) is 3.62. The van der Waals surface area contributed by atoms with Crippen LogP contribution in [-0.4, -0.2) is 30.4 Å². The summed E-state index contributed by atoms with van der Waals surface area (Å²) in [6.45, 7) is 0.600. The number of rotatable bonds is 4. The van der Waals surface area contributed by atoms with Gasteiger partial charge in [0, 0.05) is 25.2 Å². The molecule has 1 saturated carbocycles. The Bertz CT molecular complexity index is 452. The van der Waals surface area contributed by atoms with Gasteiger partial charge in [0.25, 0.3) is 0 Å². The Balaban J connectivity index is 1.93. The molecule has 0 aromatic heterocycles. The molecule has 2 N–H and O–H groups in total. The summed E-state index contributed by atoms with van der Waals surface area (Å²) >= 11 is 0. The van der Waals surface area contributed by atoms with E-state index >= 15 is 0 Å². The van der Waals surface area contributed by atoms with Gasteiger partial charge in [-0.15, -0.1) is 0 Å². The molecular weight excluding hydrogens is 250 g/mol. The molecule has 19 heavy (non-hydrogen) atoms. The molecule has 1 aliphatic carbocycles. The first-order valence-corrected chi connectivity index (χ1v) is 6.39. The van der Waals surface area contributed by atoms with Gasteiger partial charge in [0.15, 0.2) is 0 Å². The summed E-state index contributed by atoms with van der Waals surface area (Å²) in [6, 6.07) is 3.85. The van der Waals surface area contributed by atoms with Gasteiger partial charge in [0.2, 0.25) is 5.91 Å². The quantitative estimate of drug-likeness (QED) is 0.903. The van der Waals surface area contributed by atoms with Gasteiger partial charge in [0.05, 0.1) is 6.42 Å². The number of benzene rings is 1. The molecule has 1 aromatic rings. The van der Waals surface area contributed by atoms with Crippen LogP contribution in [0.4, 0.5) is 8.78 Å². The monoisotopic (exact) mass is 268 g/mol. The smallest absolute Gasteiger partial charge is 0.226 e. The fraction of sp³-hybridized carbons (Fsp3) is 0.500. The summed E-state index contributed by atoms with van der Waals surface area (Å²) in [6.07, 6.45) is 1.57. The maximum atomic E-state index is 13.4. The Hall–Kier alpha value is -1.49. The Morgan fingerprint density at radius 1 is 1.37 bits per heavy atom. The highest BCUT2D eigenvalue weighted by Gasteiger charge is 2.28. The lowest BCUT2D eigenvalue weighted by Gasteiger charge is -2.35. The van der Waals surface area contributed by atoms with Crippen molar-refractivity contribution in [1.82, 2.24) is 4.90 Å². The van der Waals surface area contributed by atoms with Crippen LogP contribution in [-0.2, 0) is 11.2 Å². The molecule has 0 heterocycles. The predicted octanol–water partition coefficient (Wildman–Crippen LogP) is 1.70. The molecule has 1 amide bonds. The lowest BCUT2D eigenvalue weighted by atomic mass is 9.80. The van der Waals surface area contributed by atoms with Gasteiger partial charge >= 0.3 is 0 Å². The Morgan fingerprint density at radius 2 is 1.95 bits per heavy atom. The number of likely N-dealkylation sites (N-methyl/N-ethyl adjacent to an activating group) is 1. The van der Waals surface area contributed by atoms with Crippen LogP contribution in [0.5, 0.6) is 0 Å². The van der Waals surface area contributed by atoms with E-state index in [9.17, 15) is 13.6 Å². The number of amides is 1. The molecule has 0 aliphatic heterocycles. The van der Waals surface area contributed by atoms with Gasteiger partial charge < -0.3 is 10.6 Å². The van der Waals surface area contributed by atoms with E-state index in [4.69, 9.17) is 5.73 Å². The van der Waals surface area contributed by atoms with Gasteiger partial charge in [-0.25, -0.2) is 8.78 Å². The van der Waals surface area contributed by atoms with Crippen LogP contribution < -0.4 is 5.73 Å². The summed E-state index contributed by atoms with van der Waals surface area (Å²) < 4.78 is 26.9. The molecule has 104 valence electrons. The van der Waals surface area contributed by atoms with E-state index in [2.05, 4.69) is 0 Å². The second-order valence-corrected chi connectivity index (χ2v) is 5.25. The van der Waals surface area contributed by atoms with Crippen LogP contribution >= 0.6 is 0 Å². The minimum atomic E-state index is -0.674. The molecule has 1 fully saturated rings. The topological polar surface area (TPSA) is 46.3 Å². The zero-order valence-electron chi connectivity index (χ0n) is 10.9. The minimum Gasteiger partial charge on any atom is -0.345 e. The van der Waals surface area contributed by atoms with E-state index in [1.807, 2.05) is 0 Å². The second-order valence-electron chi connectivity index (χ2n) is 5.25. The molecule has 1 aliphatic rings. The predicted molar refractivity (Wildman–Crippen MR) is 68.4 cm³/mol. The molecule has 1 aromatic carbocycles. The zero-order valence-corrected chi connectivity index (χ0v) is 10.9. The van der Waals surface area contributed by atoms with Crippen LogP contribution in [0.2, 0.25) is 0 Å². The number of hydrogen-bond donors (Lipinski definition) is 1. The van der Waals surface area contributed by atoms with Crippen molar-refractivity contribution in [3.05, 3.63) is 35.4 Å². The number of nitrogens with zero attached hydrogens (tertiary/aromatic N) is 1. The average Bonchev–Trinajstić information content (AvgIpc) is 2.31. The molecule has 5 heteroatoms. The van der Waals surface area contributed by atoms with Crippen LogP contribution in [0, 0.1) is 17.6 Å². The first-order chi connectivity index (χ1) is 8.97. The van der Waals surface area contributed by atoms with Crippen LogP contribution in [0.3, 0.4) is 0 Å². The molecular formula is C14H18F2N2O. The van der Waals surface area contributed by atoms with Crippen molar-refractivity contribution in [2.45, 2.75) is 25.3 Å². The van der Waals surface area contributed by atoms with E-state index in [1.54, 1.807) is 7.05 Å². The van der Waals surface area contributed by atoms with E-state index in [1.165, 1.54) is 11.0 Å². The van der Waals surface area contributed by atoms with Crippen LogP contribution in [0.15, 0.2) is 18.2 Å². The SMILES string of the molecule is CN(CC1CC(N)C1)C(=O)Cc1c(F)cccc1F. The Labute approximate surface area is 111 Å². The van der Waals surface area contributed by atoms with E-state index in [-0.39, 0.29) is 23.9 Å². The lowest BCUT2D eigenvalue weighted by Crippen LogP contribution is -2.43. The third kappa shape index (κ3) is 3.29. The molecule has 2 rings (SSSR count). The highest BCUT2D eigenvalue weighted by atomic mass is 19.1. The van der Waals surface area contributed by atoms with Crippen molar-refractivity contribution in [3.8, 4) is 0 Å². The largest absolute Gasteiger partial charge is 0.345 e. The van der Waals surface area contributed by atoms with Crippen LogP contribution in [0.25, 0.3) is 0 Å². The first kappa shape index (κ1) is 13.9. The summed E-state index contributed by atoms with van der Waals surface area (Å²) in [5.74, 6) is -1.21. The minimum absolute atomic E-state index is 0.162. The number of carbonyl (C=O) groups is 1. The van der Waals surface area contributed by atoms with Gasteiger partial charge in [-0.05, 0) is 30.9 Å². The van der Waals surface area contributed by atoms with Gasteiger partial charge in [-0.3, -0.25) is 4.79 Å². The van der Waals surface area contributed by atoms with Crippen molar-refractivity contribution in [2.75, 3.05) is 13.6 Å². The van der Waals surface area contributed by atoms with Crippen molar-refractivity contribution >= 4 is 5.91 Å².